The Labute approximate surface area is 172 Å². The Morgan fingerprint density at radius 3 is 2.54 bits per heavy atom. The Bertz CT molecular complexity index is 939. The third-order valence-electron chi connectivity index (χ3n) is 5.26. The molecule has 1 aliphatic heterocycles. The number of nitrogens with one attached hydrogen (secondary N) is 1. The quantitative estimate of drug-likeness (QED) is 0.691. The lowest BCUT2D eigenvalue weighted by molar-refractivity contribution is -0.139. The third kappa shape index (κ3) is 3.47. The van der Waals surface area contributed by atoms with Crippen LogP contribution in [0.25, 0.3) is 0 Å². The number of esters is 1. The summed E-state index contributed by atoms with van der Waals surface area (Å²) in [4.78, 5) is 28.4. The van der Waals surface area contributed by atoms with Gasteiger partial charge in [-0.25, -0.2) is 4.79 Å². The van der Waals surface area contributed by atoms with E-state index >= 15 is 0 Å². The highest BCUT2D eigenvalue weighted by atomic mass is 32.1. The lowest BCUT2D eigenvalue weighted by atomic mass is 9.74. The Kier molecular flexibility index (Phi) is 5.51. The highest BCUT2D eigenvalue weighted by Gasteiger charge is 2.41. The molecule has 2 aliphatic rings. The van der Waals surface area contributed by atoms with Crippen molar-refractivity contribution in [3.05, 3.63) is 67.3 Å². The molecule has 0 spiro atoms. The lowest BCUT2D eigenvalue weighted by Crippen LogP contribution is -2.35. The number of carbonyl (C=O) groups excluding carboxylic acids is 2. The molecule has 4 rings (SSSR count). The zero-order valence-electron chi connectivity index (χ0n) is 16.0. The molecule has 0 amide bonds. The molecule has 0 saturated heterocycles. The average Bonchev–Trinajstić information content (AvgIpc) is 3.38. The number of ketones is 1. The van der Waals surface area contributed by atoms with Gasteiger partial charge in [-0.05, 0) is 42.7 Å². The maximum Gasteiger partial charge on any atom is 0.336 e. The molecule has 0 aromatic carbocycles. The van der Waals surface area contributed by atoms with E-state index in [1.807, 2.05) is 37.4 Å². The Hall–Kier alpha value is -2.18. The lowest BCUT2D eigenvalue weighted by Gasteiger charge is -2.35. The minimum atomic E-state index is -0.336. The number of hydrogen-bond donors (Lipinski definition) is 1. The monoisotopic (exact) mass is 413 g/mol. The highest BCUT2D eigenvalue weighted by molar-refractivity contribution is 7.10. The second-order valence-electron chi connectivity index (χ2n) is 7.18. The van der Waals surface area contributed by atoms with Crippen LogP contribution in [-0.4, -0.2) is 18.4 Å². The van der Waals surface area contributed by atoms with Crippen LogP contribution in [0.3, 0.4) is 0 Å². The van der Waals surface area contributed by atoms with Crippen LogP contribution in [0.15, 0.2) is 57.6 Å². The summed E-state index contributed by atoms with van der Waals surface area (Å²) in [5, 5.41) is 7.43. The van der Waals surface area contributed by atoms with E-state index in [4.69, 9.17) is 4.74 Å². The summed E-state index contributed by atoms with van der Waals surface area (Å²) < 4.78 is 5.46. The minimum Gasteiger partial charge on any atom is -0.462 e. The van der Waals surface area contributed by atoms with Crippen molar-refractivity contribution < 1.29 is 14.3 Å². The zero-order valence-corrected chi connectivity index (χ0v) is 17.6. The van der Waals surface area contributed by atoms with Crippen LogP contribution in [0, 0.1) is 0 Å². The maximum atomic E-state index is 13.3. The number of Topliss-reactive ketones (excluding diaryl/α,β-unsaturated/α-hetero) is 1. The van der Waals surface area contributed by atoms with E-state index < -0.39 is 0 Å². The van der Waals surface area contributed by atoms with Crippen LogP contribution in [-0.2, 0) is 14.3 Å². The number of hydrogen-bond acceptors (Lipinski definition) is 6. The molecular weight excluding hydrogens is 390 g/mol. The number of allylic oxidation sites excluding steroid dienone is 3. The second-order valence-corrected chi connectivity index (χ2v) is 9.14. The molecule has 2 unspecified atom stereocenters. The van der Waals surface area contributed by atoms with Gasteiger partial charge in [-0.1, -0.05) is 19.1 Å². The van der Waals surface area contributed by atoms with Gasteiger partial charge in [0, 0.05) is 39.1 Å². The molecule has 3 heterocycles. The SMILES string of the molecule is CCCOC(=O)C1=C(C)NC2=C(C(=O)CC(c3cccs3)C2)C1c1cccs1. The normalized spacial score (nSPS) is 22.1. The molecular formula is C22H23NO3S2. The number of dihydropyridines is 1. The fourth-order valence-corrected chi connectivity index (χ4v) is 5.72. The first kappa shape index (κ1) is 19.2. The summed E-state index contributed by atoms with van der Waals surface area (Å²) in [5.74, 6) is -0.342. The third-order valence-corrected chi connectivity index (χ3v) is 7.23. The van der Waals surface area contributed by atoms with E-state index in [-0.39, 0.29) is 23.6 Å². The molecule has 0 saturated carbocycles. The summed E-state index contributed by atoms with van der Waals surface area (Å²) in [7, 11) is 0. The largest absolute Gasteiger partial charge is 0.462 e. The van der Waals surface area contributed by atoms with Crippen molar-refractivity contribution in [2.45, 2.75) is 44.9 Å². The van der Waals surface area contributed by atoms with E-state index in [1.54, 1.807) is 22.7 Å². The summed E-state index contributed by atoms with van der Waals surface area (Å²) in [6, 6.07) is 8.10. The Morgan fingerprint density at radius 1 is 1.18 bits per heavy atom. The van der Waals surface area contributed by atoms with E-state index in [2.05, 4.69) is 16.8 Å². The van der Waals surface area contributed by atoms with Gasteiger partial charge in [0.2, 0.25) is 0 Å². The van der Waals surface area contributed by atoms with Crippen LogP contribution < -0.4 is 5.32 Å². The maximum absolute atomic E-state index is 13.3. The highest BCUT2D eigenvalue weighted by Crippen LogP contribution is 2.47. The van der Waals surface area contributed by atoms with Crippen LogP contribution in [0.1, 0.15) is 54.7 Å². The van der Waals surface area contributed by atoms with E-state index in [0.717, 1.165) is 34.7 Å². The van der Waals surface area contributed by atoms with Gasteiger partial charge in [0.15, 0.2) is 5.78 Å². The smallest absolute Gasteiger partial charge is 0.336 e. The second kappa shape index (κ2) is 8.05. The van der Waals surface area contributed by atoms with Gasteiger partial charge in [0.05, 0.1) is 18.1 Å². The molecule has 0 bridgehead atoms. The molecule has 4 nitrogen and oxygen atoms in total. The first-order chi connectivity index (χ1) is 13.6. The van der Waals surface area contributed by atoms with E-state index in [1.165, 1.54) is 4.88 Å². The number of rotatable bonds is 5. The number of carbonyl (C=O) groups is 2. The summed E-state index contributed by atoms with van der Waals surface area (Å²) in [6.45, 7) is 4.26. The van der Waals surface area contributed by atoms with Gasteiger partial charge < -0.3 is 10.1 Å². The zero-order chi connectivity index (χ0) is 19.7. The van der Waals surface area contributed by atoms with Crippen LogP contribution in [0.4, 0.5) is 0 Å². The predicted octanol–water partition coefficient (Wildman–Crippen LogP) is 5.12. The topological polar surface area (TPSA) is 55.4 Å². The van der Waals surface area contributed by atoms with Crippen molar-refractivity contribution in [1.82, 2.24) is 5.32 Å². The van der Waals surface area contributed by atoms with Crippen LogP contribution in [0.2, 0.25) is 0 Å². The van der Waals surface area contributed by atoms with Gasteiger partial charge in [-0.2, -0.15) is 0 Å². The standard InChI is InChI=1S/C22H23NO3S2/c1-3-8-26-22(25)19-13(2)23-15-11-14(17-6-4-9-27-17)12-16(24)20(15)21(19)18-7-5-10-28-18/h4-7,9-10,14,21,23H,3,8,11-12H2,1-2H3. The Morgan fingerprint density at radius 2 is 1.89 bits per heavy atom. The van der Waals surface area contributed by atoms with Gasteiger partial charge in [0.1, 0.15) is 0 Å². The molecule has 2 atom stereocenters. The van der Waals surface area contributed by atoms with Crippen molar-refractivity contribution in [1.29, 1.82) is 0 Å². The molecule has 146 valence electrons. The first-order valence-corrected chi connectivity index (χ1v) is 11.3. The number of ether oxygens (including phenoxy) is 1. The molecule has 6 heteroatoms. The minimum absolute atomic E-state index is 0.124. The van der Waals surface area contributed by atoms with Crippen molar-refractivity contribution >= 4 is 34.4 Å². The number of thiophene rings is 2. The van der Waals surface area contributed by atoms with Crippen molar-refractivity contribution in [3.63, 3.8) is 0 Å². The van der Waals surface area contributed by atoms with Crippen LogP contribution >= 0.6 is 22.7 Å². The molecule has 2 aromatic rings. The summed E-state index contributed by atoms with van der Waals surface area (Å²) in [6.07, 6.45) is 2.04. The molecule has 1 N–H and O–H groups in total. The molecule has 1 aliphatic carbocycles. The van der Waals surface area contributed by atoms with Crippen molar-refractivity contribution in [3.8, 4) is 0 Å². The van der Waals surface area contributed by atoms with E-state index in [0.29, 0.717) is 18.6 Å². The molecule has 28 heavy (non-hydrogen) atoms. The first-order valence-electron chi connectivity index (χ1n) is 9.58. The van der Waals surface area contributed by atoms with Gasteiger partial charge in [-0.3, -0.25) is 4.79 Å². The Balaban J connectivity index is 1.75. The average molecular weight is 414 g/mol. The van der Waals surface area contributed by atoms with Gasteiger partial charge in [-0.15, -0.1) is 22.7 Å². The van der Waals surface area contributed by atoms with Crippen molar-refractivity contribution in [2.24, 2.45) is 0 Å². The summed E-state index contributed by atoms with van der Waals surface area (Å²) >= 11 is 3.28. The fraction of sp³-hybridized carbons (Fsp3) is 0.364. The van der Waals surface area contributed by atoms with Crippen molar-refractivity contribution in [2.75, 3.05) is 6.61 Å². The van der Waals surface area contributed by atoms with Crippen LogP contribution in [0.5, 0.6) is 0 Å². The predicted molar refractivity (Wildman–Crippen MR) is 112 cm³/mol. The molecule has 2 aromatic heterocycles. The molecule has 0 radical (unpaired) electrons. The van der Waals surface area contributed by atoms with Gasteiger partial charge in [0.25, 0.3) is 0 Å². The fourth-order valence-electron chi connectivity index (χ4n) is 4.05. The van der Waals surface area contributed by atoms with Gasteiger partial charge >= 0.3 is 5.97 Å². The summed E-state index contributed by atoms with van der Waals surface area (Å²) in [5.41, 5.74) is 3.05. The van der Waals surface area contributed by atoms with E-state index in [9.17, 15) is 9.59 Å². The molecule has 0 fully saturated rings.